The van der Waals surface area contributed by atoms with Crippen molar-refractivity contribution in [3.05, 3.63) is 28.5 Å². The summed E-state index contributed by atoms with van der Waals surface area (Å²) in [5.41, 5.74) is 0.284. The summed E-state index contributed by atoms with van der Waals surface area (Å²) in [6.45, 7) is 0.421. The van der Waals surface area contributed by atoms with Gasteiger partial charge in [0.15, 0.2) is 0 Å². The molecular formula is C14H16BrN3O2. The van der Waals surface area contributed by atoms with Crippen LogP contribution in [0.4, 0.5) is 4.79 Å². The molecule has 1 N–H and O–H groups in total. The van der Waals surface area contributed by atoms with Gasteiger partial charge in [0.25, 0.3) is 5.91 Å². The zero-order valence-electron chi connectivity index (χ0n) is 11.1. The van der Waals surface area contributed by atoms with E-state index in [1.807, 2.05) is 6.07 Å². The molecule has 2 aliphatic rings. The lowest BCUT2D eigenvalue weighted by molar-refractivity contribution is -0.128. The van der Waals surface area contributed by atoms with Crippen LogP contribution in [0.15, 0.2) is 22.9 Å². The highest BCUT2D eigenvalue weighted by atomic mass is 79.9. The van der Waals surface area contributed by atoms with Gasteiger partial charge in [-0.05, 0) is 40.4 Å². The highest BCUT2D eigenvalue weighted by Crippen LogP contribution is 2.38. The quantitative estimate of drug-likeness (QED) is 0.843. The fraction of sp³-hybridized carbons (Fsp3) is 0.500. The number of urea groups is 1. The van der Waals surface area contributed by atoms with E-state index in [2.05, 4.69) is 26.2 Å². The van der Waals surface area contributed by atoms with Crippen LogP contribution in [0.1, 0.15) is 37.7 Å². The van der Waals surface area contributed by atoms with E-state index in [4.69, 9.17) is 0 Å². The molecule has 0 bridgehead atoms. The number of aromatic nitrogens is 1. The van der Waals surface area contributed by atoms with Gasteiger partial charge in [0.2, 0.25) is 0 Å². The molecule has 1 aromatic heterocycles. The molecule has 0 radical (unpaired) electrons. The summed E-state index contributed by atoms with van der Waals surface area (Å²) in [7, 11) is 0. The van der Waals surface area contributed by atoms with E-state index in [1.54, 1.807) is 17.3 Å². The second-order valence-corrected chi connectivity index (χ2v) is 6.36. The third-order valence-electron chi connectivity index (χ3n) is 4.19. The first-order valence-corrected chi connectivity index (χ1v) is 7.64. The minimum atomic E-state index is -0.641. The van der Waals surface area contributed by atoms with Crippen LogP contribution >= 0.6 is 15.9 Å². The molecule has 0 atom stereocenters. The van der Waals surface area contributed by atoms with Crippen LogP contribution in [0, 0.1) is 0 Å². The van der Waals surface area contributed by atoms with Crippen LogP contribution in [-0.4, -0.2) is 27.4 Å². The van der Waals surface area contributed by atoms with Crippen LogP contribution in [0.5, 0.6) is 0 Å². The maximum Gasteiger partial charge on any atom is 0.325 e. The summed E-state index contributed by atoms with van der Waals surface area (Å²) in [6, 6.07) is 1.65. The molecule has 0 aromatic carbocycles. The molecule has 2 fully saturated rings. The minimum absolute atomic E-state index is 0.134. The molecule has 3 amide bonds. The lowest BCUT2D eigenvalue weighted by Crippen LogP contribution is -2.50. The Hall–Kier alpha value is -1.43. The highest BCUT2D eigenvalue weighted by molar-refractivity contribution is 9.10. The molecule has 106 valence electrons. The molecule has 1 aliphatic carbocycles. The molecule has 6 heteroatoms. The molecule has 3 rings (SSSR count). The Morgan fingerprint density at radius 3 is 2.70 bits per heavy atom. The topological polar surface area (TPSA) is 62.3 Å². The first-order valence-electron chi connectivity index (χ1n) is 6.84. The number of imide groups is 1. The summed E-state index contributed by atoms with van der Waals surface area (Å²) >= 11 is 3.38. The third-order valence-corrected chi connectivity index (χ3v) is 4.62. The van der Waals surface area contributed by atoms with Crippen LogP contribution in [0.25, 0.3) is 0 Å². The van der Waals surface area contributed by atoms with Crippen LogP contribution in [0.2, 0.25) is 0 Å². The number of rotatable bonds is 2. The Bertz CT molecular complexity index is 555. The number of nitrogens with zero attached hydrogens (tertiary/aromatic N) is 2. The van der Waals surface area contributed by atoms with Gasteiger partial charge < -0.3 is 4.90 Å². The number of carbonyl (C=O) groups excluding carboxylic acids is 2. The average Bonchev–Trinajstić information content (AvgIpc) is 2.65. The highest BCUT2D eigenvalue weighted by Gasteiger charge is 2.52. The predicted molar refractivity (Wildman–Crippen MR) is 76.8 cm³/mol. The molecule has 2 heterocycles. The summed E-state index contributed by atoms with van der Waals surface area (Å²) < 4.78 is 0.874. The van der Waals surface area contributed by atoms with E-state index in [0.717, 1.165) is 42.1 Å². The van der Waals surface area contributed by atoms with Crippen molar-refractivity contribution in [2.45, 2.75) is 44.2 Å². The molecule has 1 aliphatic heterocycles. The fourth-order valence-corrected chi connectivity index (χ4v) is 3.59. The Morgan fingerprint density at radius 1 is 1.25 bits per heavy atom. The summed E-state index contributed by atoms with van der Waals surface area (Å²) in [5, 5.41) is 2.48. The second-order valence-electron chi connectivity index (χ2n) is 5.45. The van der Waals surface area contributed by atoms with Crippen molar-refractivity contribution in [3.63, 3.8) is 0 Å². The van der Waals surface area contributed by atoms with Gasteiger partial charge in [-0.2, -0.15) is 0 Å². The maximum atomic E-state index is 12.2. The summed E-state index contributed by atoms with van der Waals surface area (Å²) in [4.78, 5) is 30.1. The van der Waals surface area contributed by atoms with Crippen molar-refractivity contribution in [1.29, 1.82) is 0 Å². The Kier molecular flexibility index (Phi) is 3.50. The van der Waals surface area contributed by atoms with E-state index in [1.165, 1.54) is 0 Å². The van der Waals surface area contributed by atoms with Crippen molar-refractivity contribution in [2.75, 3.05) is 0 Å². The first kappa shape index (κ1) is 13.5. The standard InChI is InChI=1S/C14H16BrN3O2/c15-11-6-10(7-16-8-11)9-18-13(20)17-12(19)14(18)4-2-1-3-5-14/h6-8H,1-5,9H2,(H,17,19,20). The number of nitrogens with one attached hydrogen (secondary N) is 1. The van der Waals surface area contributed by atoms with Crippen molar-refractivity contribution in [2.24, 2.45) is 0 Å². The molecular weight excluding hydrogens is 322 g/mol. The lowest BCUT2D eigenvalue weighted by Gasteiger charge is -2.38. The molecule has 1 saturated heterocycles. The normalized spacial score (nSPS) is 21.4. The Morgan fingerprint density at radius 2 is 2.00 bits per heavy atom. The zero-order chi connectivity index (χ0) is 14.2. The fourth-order valence-electron chi connectivity index (χ4n) is 3.18. The van der Waals surface area contributed by atoms with E-state index >= 15 is 0 Å². The lowest BCUT2D eigenvalue weighted by atomic mass is 9.80. The number of amides is 3. The molecule has 0 unspecified atom stereocenters. The van der Waals surface area contributed by atoms with Gasteiger partial charge in [0.1, 0.15) is 5.54 Å². The monoisotopic (exact) mass is 337 g/mol. The average molecular weight is 338 g/mol. The van der Waals surface area contributed by atoms with E-state index < -0.39 is 5.54 Å². The number of pyridine rings is 1. The Balaban J connectivity index is 1.89. The zero-order valence-corrected chi connectivity index (χ0v) is 12.6. The SMILES string of the molecule is O=C1NC(=O)C2(CCCCC2)N1Cc1cncc(Br)c1. The predicted octanol–water partition coefficient (Wildman–Crippen LogP) is 2.60. The van der Waals surface area contributed by atoms with Crippen LogP contribution in [-0.2, 0) is 11.3 Å². The second kappa shape index (κ2) is 5.16. The Labute approximate surface area is 125 Å². The molecule has 5 nitrogen and oxygen atoms in total. The van der Waals surface area contributed by atoms with E-state index in [9.17, 15) is 9.59 Å². The van der Waals surface area contributed by atoms with Crippen molar-refractivity contribution in [1.82, 2.24) is 15.2 Å². The number of carbonyl (C=O) groups is 2. The molecule has 1 aromatic rings. The number of hydrogen-bond donors (Lipinski definition) is 1. The molecule has 1 spiro atoms. The van der Waals surface area contributed by atoms with Gasteiger partial charge in [0.05, 0.1) is 6.54 Å². The molecule has 20 heavy (non-hydrogen) atoms. The van der Waals surface area contributed by atoms with E-state index in [0.29, 0.717) is 6.54 Å². The smallest absolute Gasteiger partial charge is 0.305 e. The maximum absolute atomic E-state index is 12.2. The largest absolute Gasteiger partial charge is 0.325 e. The first-order chi connectivity index (χ1) is 9.62. The van der Waals surface area contributed by atoms with Crippen molar-refractivity contribution >= 4 is 27.9 Å². The van der Waals surface area contributed by atoms with E-state index in [-0.39, 0.29) is 11.9 Å². The van der Waals surface area contributed by atoms with Gasteiger partial charge in [-0.3, -0.25) is 15.1 Å². The van der Waals surface area contributed by atoms with Crippen molar-refractivity contribution in [3.8, 4) is 0 Å². The minimum Gasteiger partial charge on any atom is -0.305 e. The summed E-state index contributed by atoms with van der Waals surface area (Å²) in [5.74, 6) is -0.134. The number of halogens is 1. The van der Waals surface area contributed by atoms with Crippen LogP contribution in [0.3, 0.4) is 0 Å². The van der Waals surface area contributed by atoms with Crippen LogP contribution < -0.4 is 5.32 Å². The van der Waals surface area contributed by atoms with Gasteiger partial charge >= 0.3 is 6.03 Å². The summed E-state index contributed by atoms with van der Waals surface area (Å²) in [6.07, 6.45) is 8.07. The van der Waals surface area contributed by atoms with Gasteiger partial charge in [-0.25, -0.2) is 4.79 Å². The van der Waals surface area contributed by atoms with Gasteiger partial charge in [-0.1, -0.05) is 19.3 Å². The third kappa shape index (κ3) is 2.22. The van der Waals surface area contributed by atoms with Gasteiger partial charge in [-0.15, -0.1) is 0 Å². The van der Waals surface area contributed by atoms with Crippen molar-refractivity contribution < 1.29 is 9.59 Å². The molecule has 1 saturated carbocycles. The van der Waals surface area contributed by atoms with Gasteiger partial charge in [0, 0.05) is 16.9 Å². The number of hydrogen-bond acceptors (Lipinski definition) is 3.